The van der Waals surface area contributed by atoms with Gasteiger partial charge in [0, 0.05) is 16.8 Å². The molecule has 0 saturated carbocycles. The summed E-state index contributed by atoms with van der Waals surface area (Å²) in [6.45, 7) is 0. The zero-order chi connectivity index (χ0) is 15.5. The summed E-state index contributed by atoms with van der Waals surface area (Å²) in [5.74, 6) is 1.74. The minimum Gasteiger partial charge on any atom is -0.275 e. The van der Waals surface area contributed by atoms with Crippen molar-refractivity contribution in [2.24, 2.45) is 0 Å². The molecule has 3 nitrogen and oxygen atoms in total. The van der Waals surface area contributed by atoms with Crippen molar-refractivity contribution in [3.8, 4) is 17.1 Å². The van der Waals surface area contributed by atoms with Gasteiger partial charge in [0.15, 0.2) is 11.6 Å². The minimum atomic E-state index is 0.0533. The summed E-state index contributed by atoms with van der Waals surface area (Å²) in [6, 6.07) is 20.5. The Morgan fingerprint density at radius 3 is 2.17 bits per heavy atom. The lowest BCUT2D eigenvalue weighted by molar-refractivity contribution is 1.03. The van der Waals surface area contributed by atoms with E-state index < -0.39 is 0 Å². The van der Waals surface area contributed by atoms with Gasteiger partial charge in [0.25, 0.3) is 0 Å². The minimum absolute atomic E-state index is 0.0533. The second kappa shape index (κ2) is 6.42. The summed E-state index contributed by atoms with van der Waals surface area (Å²) in [6.07, 6.45) is 4.32. The summed E-state index contributed by atoms with van der Waals surface area (Å²) in [5, 5.41) is 8.95. The van der Waals surface area contributed by atoms with Gasteiger partial charge in [-0.15, -0.1) is 10.2 Å². The Morgan fingerprint density at radius 2 is 1.48 bits per heavy atom. The van der Waals surface area contributed by atoms with Gasteiger partial charge < -0.3 is 0 Å². The van der Waals surface area contributed by atoms with E-state index in [1.54, 1.807) is 0 Å². The maximum Gasteiger partial charge on any atom is 0.168 e. The normalized spacial score (nSPS) is 13.5. The first-order chi connectivity index (χ1) is 11.4. The molecule has 0 bridgehead atoms. The van der Waals surface area contributed by atoms with Gasteiger partial charge in [-0.2, -0.15) is 0 Å². The molecular formula is C19H14IN3. The van der Waals surface area contributed by atoms with Crippen LogP contribution in [0.1, 0.15) is 5.82 Å². The molecule has 0 atom stereocenters. The molecule has 3 aromatic rings. The fraction of sp³-hybridized carbons (Fsp3) is 0. The van der Waals surface area contributed by atoms with Gasteiger partial charge in [-0.3, -0.25) is 4.57 Å². The van der Waals surface area contributed by atoms with E-state index >= 15 is 0 Å². The Hall–Kier alpha value is -2.34. The molecule has 0 spiro atoms. The average molecular weight is 411 g/mol. The summed E-state index contributed by atoms with van der Waals surface area (Å²) < 4.78 is 6.63. The molecule has 23 heavy (non-hydrogen) atoms. The highest BCUT2D eigenvalue weighted by molar-refractivity contribution is 14.2. The van der Waals surface area contributed by atoms with Gasteiger partial charge in [0.05, 0.1) is 0 Å². The van der Waals surface area contributed by atoms with E-state index in [4.69, 9.17) is 0 Å². The van der Waals surface area contributed by atoms with Crippen LogP contribution in [0.4, 0.5) is 0 Å². The molecule has 0 N–H and O–H groups in total. The number of hydrogen-bond donors (Lipinski definition) is 0. The summed E-state index contributed by atoms with van der Waals surface area (Å²) in [4.78, 5) is 0. The molecule has 0 aliphatic carbocycles. The lowest BCUT2D eigenvalue weighted by atomic mass is 10.2. The van der Waals surface area contributed by atoms with Crippen molar-refractivity contribution < 1.29 is 0 Å². The Labute approximate surface area is 144 Å². The number of nitrogens with zero attached hydrogens (tertiary/aromatic N) is 3. The van der Waals surface area contributed by atoms with Gasteiger partial charge in [0.2, 0.25) is 0 Å². The van der Waals surface area contributed by atoms with Crippen LogP contribution >= 0.6 is 20.7 Å². The first-order valence-electron chi connectivity index (χ1n) is 7.32. The second-order valence-electron chi connectivity index (χ2n) is 5.05. The number of para-hydroxylation sites is 1. The standard InChI is InChI=1S/C19H14IN3/c1-3-7-15(8-4-1)18-21-22-19(16-11-13-20-14-12-16)23(18)17-9-5-2-6-10-17/h1-14H. The number of allylic oxidation sites excluding steroid dienone is 3. The number of halogens is 1. The molecule has 2 aromatic carbocycles. The number of hydrogen-bond acceptors (Lipinski definition) is 2. The maximum absolute atomic E-state index is 4.48. The number of aromatic nitrogens is 3. The van der Waals surface area contributed by atoms with Crippen molar-refractivity contribution in [1.29, 1.82) is 0 Å². The van der Waals surface area contributed by atoms with E-state index in [1.165, 1.54) is 0 Å². The maximum atomic E-state index is 4.48. The Kier molecular flexibility index (Phi) is 3.98. The van der Waals surface area contributed by atoms with Gasteiger partial charge >= 0.3 is 0 Å². The Morgan fingerprint density at radius 1 is 0.783 bits per heavy atom. The van der Waals surface area contributed by atoms with E-state index in [1.807, 2.05) is 36.4 Å². The van der Waals surface area contributed by atoms with Crippen LogP contribution in [0.3, 0.4) is 0 Å². The first-order valence-corrected chi connectivity index (χ1v) is 9.81. The predicted octanol–water partition coefficient (Wildman–Crippen LogP) is 4.62. The third-order valence-electron chi connectivity index (χ3n) is 3.60. The summed E-state index contributed by atoms with van der Waals surface area (Å²) >= 11 is 0.0533. The predicted molar refractivity (Wildman–Crippen MR) is 104 cm³/mol. The molecule has 0 saturated heterocycles. The van der Waals surface area contributed by atoms with Crippen LogP contribution in [0.2, 0.25) is 0 Å². The van der Waals surface area contributed by atoms with Gasteiger partial charge in [-0.1, -0.05) is 69.3 Å². The van der Waals surface area contributed by atoms with Gasteiger partial charge in [-0.25, -0.2) is 0 Å². The zero-order valence-electron chi connectivity index (χ0n) is 12.3. The summed E-state index contributed by atoms with van der Waals surface area (Å²) in [5.41, 5.74) is 3.24. The third kappa shape index (κ3) is 2.82. The quantitative estimate of drug-likeness (QED) is 0.589. The largest absolute Gasteiger partial charge is 0.275 e. The van der Waals surface area contributed by atoms with Crippen LogP contribution in [0.25, 0.3) is 22.6 Å². The van der Waals surface area contributed by atoms with Crippen molar-refractivity contribution >= 4 is 30.3 Å². The molecule has 1 aliphatic heterocycles. The molecule has 1 aliphatic rings. The van der Waals surface area contributed by atoms with Crippen LogP contribution in [0, 0.1) is 0 Å². The van der Waals surface area contributed by atoms with Crippen molar-refractivity contribution in [3.63, 3.8) is 0 Å². The van der Waals surface area contributed by atoms with E-state index in [-0.39, 0.29) is 20.7 Å². The van der Waals surface area contributed by atoms with E-state index in [0.717, 1.165) is 28.5 Å². The van der Waals surface area contributed by atoms with Gasteiger partial charge in [-0.05, 0) is 32.4 Å². The molecule has 1 aromatic heterocycles. The molecule has 112 valence electrons. The second-order valence-corrected chi connectivity index (χ2v) is 7.21. The fourth-order valence-corrected chi connectivity index (χ4v) is 3.95. The average Bonchev–Trinajstić information content (AvgIpc) is 3.09. The summed E-state index contributed by atoms with van der Waals surface area (Å²) in [7, 11) is 0. The highest BCUT2D eigenvalue weighted by Gasteiger charge is 2.17. The number of benzene rings is 2. The monoisotopic (exact) mass is 411 g/mol. The van der Waals surface area contributed by atoms with E-state index in [9.17, 15) is 0 Å². The number of rotatable bonds is 3. The molecular weight excluding hydrogens is 397 g/mol. The molecule has 2 heterocycles. The first kappa shape index (κ1) is 14.3. The molecule has 4 rings (SSSR count). The van der Waals surface area contributed by atoms with Crippen LogP contribution in [-0.4, -0.2) is 18.8 Å². The van der Waals surface area contributed by atoms with Crippen molar-refractivity contribution in [2.45, 2.75) is 0 Å². The van der Waals surface area contributed by atoms with Gasteiger partial charge in [0.1, 0.15) is 0 Å². The molecule has 0 radical (unpaired) electrons. The van der Waals surface area contributed by atoms with Crippen molar-refractivity contribution in [3.05, 3.63) is 82.7 Å². The zero-order valence-corrected chi connectivity index (χ0v) is 14.5. The SMILES string of the molecule is C1=CC(c2nnc(-c3ccccc3)n2-c2ccccc2)=CC=I1. The van der Waals surface area contributed by atoms with E-state index in [0.29, 0.717) is 0 Å². The van der Waals surface area contributed by atoms with Crippen molar-refractivity contribution in [1.82, 2.24) is 14.8 Å². The lowest BCUT2D eigenvalue weighted by Gasteiger charge is -2.11. The van der Waals surface area contributed by atoms with Crippen molar-refractivity contribution in [2.75, 3.05) is 0 Å². The molecule has 0 unspecified atom stereocenters. The van der Waals surface area contributed by atoms with Crippen LogP contribution < -0.4 is 0 Å². The topological polar surface area (TPSA) is 30.7 Å². The van der Waals surface area contributed by atoms with Crippen LogP contribution in [0.15, 0.2) is 76.9 Å². The van der Waals surface area contributed by atoms with Crippen LogP contribution in [-0.2, 0) is 0 Å². The molecule has 0 amide bonds. The highest BCUT2D eigenvalue weighted by atomic mass is 127. The molecule has 4 heteroatoms. The van der Waals surface area contributed by atoms with E-state index in [2.05, 4.69) is 59.3 Å². The third-order valence-corrected chi connectivity index (χ3v) is 5.15. The fourth-order valence-electron chi connectivity index (χ4n) is 2.52. The van der Waals surface area contributed by atoms with Crippen LogP contribution in [0.5, 0.6) is 0 Å². The highest BCUT2D eigenvalue weighted by Crippen LogP contribution is 2.28. The Bertz CT molecular complexity index is 906. The smallest absolute Gasteiger partial charge is 0.168 e. The Balaban J connectivity index is 1.95. The molecule has 0 fully saturated rings. The lowest BCUT2D eigenvalue weighted by Crippen LogP contribution is -2.02.